The Morgan fingerprint density at radius 1 is 1.08 bits per heavy atom. The number of methoxy groups -OCH3 is 1. The normalized spacial score (nSPS) is 10.9. The Balaban J connectivity index is 2.28. The van der Waals surface area contributed by atoms with Crippen LogP contribution in [0.3, 0.4) is 0 Å². The molecule has 0 aliphatic rings. The third-order valence-electron chi connectivity index (χ3n) is 4.49. The van der Waals surface area contributed by atoms with E-state index in [1.165, 1.54) is 12.7 Å². The molecule has 0 aliphatic heterocycles. The van der Waals surface area contributed by atoms with Gasteiger partial charge in [-0.1, -0.05) is 35.4 Å². The van der Waals surface area contributed by atoms with Gasteiger partial charge < -0.3 is 9.30 Å². The van der Waals surface area contributed by atoms with Crippen LogP contribution in [0, 0.1) is 25.7 Å². The zero-order valence-corrected chi connectivity index (χ0v) is 14.8. The molecular weight excluding hydrogens is 316 g/mol. The lowest BCUT2D eigenvalue weighted by atomic mass is 10.1. The van der Waals surface area contributed by atoms with E-state index in [1.807, 2.05) is 55.7 Å². The van der Waals surface area contributed by atoms with Gasteiger partial charge >= 0.3 is 5.91 Å². The quantitative estimate of drug-likeness (QED) is 0.658. The third-order valence-corrected chi connectivity index (χ3v) is 4.49. The molecule has 0 unspecified atom stereocenters. The van der Waals surface area contributed by atoms with Gasteiger partial charge in [0.15, 0.2) is 11.4 Å². The molecule has 0 N–H and O–H groups in total. The first-order valence-electron chi connectivity index (χ1n) is 8.07. The molecule has 0 atom stereocenters. The van der Waals surface area contributed by atoms with Crippen molar-refractivity contribution < 1.29 is 9.53 Å². The number of amides is 1. The van der Waals surface area contributed by atoms with E-state index in [9.17, 15) is 9.70 Å². The van der Waals surface area contributed by atoms with Crippen molar-refractivity contribution in [1.29, 1.82) is 0 Å². The van der Waals surface area contributed by atoms with Gasteiger partial charge in [-0.25, -0.2) is 0 Å². The van der Waals surface area contributed by atoms with Gasteiger partial charge in [-0.2, -0.15) is 0 Å². The highest BCUT2D eigenvalue weighted by molar-refractivity contribution is 6.04. The summed E-state index contributed by atoms with van der Waals surface area (Å²) in [5.41, 5.74) is 5.47. The first-order chi connectivity index (χ1) is 12.0. The van der Waals surface area contributed by atoms with Crippen molar-refractivity contribution in [2.45, 2.75) is 27.3 Å². The molecule has 0 aliphatic carbocycles. The van der Waals surface area contributed by atoms with Crippen LogP contribution >= 0.6 is 0 Å². The van der Waals surface area contributed by atoms with Gasteiger partial charge in [0.05, 0.1) is 12.6 Å². The fraction of sp³-hybridized carbons (Fsp3) is 0.250. The molecule has 0 saturated heterocycles. The average molecular weight is 336 g/mol. The number of aryl methyl sites for hydroxylation is 3. The number of rotatable bonds is 4. The van der Waals surface area contributed by atoms with E-state index in [1.54, 1.807) is 0 Å². The van der Waals surface area contributed by atoms with Crippen LogP contribution < -0.4 is 4.74 Å². The van der Waals surface area contributed by atoms with Crippen LogP contribution in [0.15, 0.2) is 41.6 Å². The number of ether oxygens (including phenoxy) is 1. The van der Waals surface area contributed by atoms with Crippen LogP contribution in [0.5, 0.6) is 5.75 Å². The molecule has 25 heavy (non-hydrogen) atoms. The van der Waals surface area contributed by atoms with E-state index in [-0.39, 0.29) is 5.69 Å². The Morgan fingerprint density at radius 3 is 2.40 bits per heavy atom. The van der Waals surface area contributed by atoms with Gasteiger partial charge in [0.1, 0.15) is 0 Å². The van der Waals surface area contributed by atoms with Crippen molar-refractivity contribution in [2.24, 2.45) is 5.18 Å². The maximum Gasteiger partial charge on any atom is 0.336 e. The number of fused-ring (bicyclic) bond motifs is 1. The van der Waals surface area contributed by atoms with Crippen molar-refractivity contribution in [1.82, 2.24) is 4.57 Å². The van der Waals surface area contributed by atoms with E-state index in [2.05, 4.69) is 11.2 Å². The lowest BCUT2D eigenvalue weighted by molar-refractivity contribution is 0.0989. The zero-order chi connectivity index (χ0) is 18.1. The molecule has 0 spiro atoms. The maximum atomic E-state index is 12.2. The predicted octanol–water partition coefficient (Wildman–Crippen LogP) is 4.53. The Hall–Kier alpha value is -2.95. The van der Waals surface area contributed by atoms with Crippen LogP contribution in [-0.2, 0) is 6.54 Å². The molecule has 3 aromatic rings. The lowest BCUT2D eigenvalue weighted by Gasteiger charge is -2.12. The summed E-state index contributed by atoms with van der Waals surface area (Å²) in [5.74, 6) is -0.427. The minimum atomic E-state index is -0.824. The summed E-state index contributed by atoms with van der Waals surface area (Å²) in [6.07, 6.45) is 0. The summed E-state index contributed by atoms with van der Waals surface area (Å²) in [4.78, 5) is 23.2. The van der Waals surface area contributed by atoms with Crippen molar-refractivity contribution in [3.8, 4) is 5.75 Å². The Labute approximate surface area is 146 Å². The first-order valence-corrected chi connectivity index (χ1v) is 8.07. The average Bonchev–Trinajstić information content (AvgIpc) is 2.89. The van der Waals surface area contributed by atoms with Gasteiger partial charge in [0, 0.05) is 17.1 Å². The molecule has 2 aromatic carbocycles. The van der Waals surface area contributed by atoms with Crippen molar-refractivity contribution in [3.05, 3.63) is 69.3 Å². The summed E-state index contributed by atoms with van der Waals surface area (Å²) >= 11 is 0. The highest BCUT2D eigenvalue weighted by atomic mass is 16.5. The van der Waals surface area contributed by atoms with E-state index >= 15 is 0 Å². The number of hydrogen-bond donors (Lipinski definition) is 0. The lowest BCUT2D eigenvalue weighted by Crippen LogP contribution is -2.10. The van der Waals surface area contributed by atoms with Gasteiger partial charge in [0.25, 0.3) is 0 Å². The van der Waals surface area contributed by atoms with Gasteiger partial charge in [-0.05, 0) is 44.0 Å². The molecule has 5 nitrogen and oxygen atoms in total. The van der Waals surface area contributed by atoms with Gasteiger partial charge in [-0.15, -0.1) is 4.91 Å². The van der Waals surface area contributed by atoms with E-state index in [0.717, 1.165) is 27.6 Å². The van der Waals surface area contributed by atoms with Gasteiger partial charge in [-0.3, -0.25) is 4.79 Å². The fourth-order valence-corrected chi connectivity index (χ4v) is 3.26. The summed E-state index contributed by atoms with van der Waals surface area (Å²) in [5, 5.41) is 3.44. The van der Waals surface area contributed by atoms with Crippen LogP contribution in [0.2, 0.25) is 0 Å². The smallest absolute Gasteiger partial charge is 0.336 e. The Bertz CT molecular complexity index is 986. The molecule has 0 fully saturated rings. The van der Waals surface area contributed by atoms with Gasteiger partial charge in [0.2, 0.25) is 0 Å². The number of hydrogen-bond acceptors (Lipinski definition) is 3. The standard InChI is InChI=1S/C20H20N2O3/c1-12-5-7-15(14(3)9-12)11-22-17-8-6-13(2)10-16(17)19(25-4)18(22)20(23)21-24/h5-10H,11H2,1-4H3. The van der Waals surface area contributed by atoms with Crippen molar-refractivity contribution >= 4 is 16.8 Å². The topological polar surface area (TPSA) is 60.7 Å². The number of benzene rings is 2. The van der Waals surface area contributed by atoms with Crippen molar-refractivity contribution in [3.63, 3.8) is 0 Å². The van der Waals surface area contributed by atoms with Crippen LogP contribution in [0.25, 0.3) is 10.9 Å². The molecular formula is C20H20N2O3. The summed E-state index contributed by atoms with van der Waals surface area (Å²) in [6.45, 7) is 6.51. The van der Waals surface area contributed by atoms with E-state index in [4.69, 9.17) is 4.74 Å². The molecule has 1 aromatic heterocycles. The molecule has 0 bridgehead atoms. The monoisotopic (exact) mass is 336 g/mol. The molecule has 128 valence electrons. The van der Waals surface area contributed by atoms with E-state index < -0.39 is 5.91 Å². The number of nitrogens with zero attached hydrogens (tertiary/aromatic N) is 2. The first kappa shape index (κ1) is 16.9. The minimum absolute atomic E-state index is 0.193. The number of aromatic nitrogens is 1. The van der Waals surface area contributed by atoms with Crippen molar-refractivity contribution in [2.75, 3.05) is 7.11 Å². The molecule has 1 heterocycles. The maximum absolute atomic E-state index is 12.2. The zero-order valence-electron chi connectivity index (χ0n) is 14.8. The van der Waals surface area contributed by atoms with Crippen LogP contribution in [-0.4, -0.2) is 17.6 Å². The Morgan fingerprint density at radius 2 is 1.76 bits per heavy atom. The minimum Gasteiger partial charge on any atom is -0.494 e. The SMILES string of the molecule is COc1c(C(=O)N=O)n(Cc2ccc(C)cc2C)c2ccc(C)cc12. The van der Waals surface area contributed by atoms with E-state index in [0.29, 0.717) is 12.3 Å². The summed E-state index contributed by atoms with van der Waals surface area (Å²) in [7, 11) is 1.50. The fourth-order valence-electron chi connectivity index (χ4n) is 3.26. The number of carbonyl (C=O) groups is 1. The van der Waals surface area contributed by atoms with Crippen LogP contribution in [0.4, 0.5) is 0 Å². The summed E-state index contributed by atoms with van der Waals surface area (Å²) < 4.78 is 7.28. The second-order valence-electron chi connectivity index (χ2n) is 6.31. The molecule has 0 radical (unpaired) electrons. The number of carbonyl (C=O) groups excluding carboxylic acids is 1. The molecule has 5 heteroatoms. The summed E-state index contributed by atoms with van der Waals surface area (Å²) in [6, 6.07) is 12.0. The second kappa shape index (κ2) is 6.51. The molecule has 0 saturated carbocycles. The second-order valence-corrected chi connectivity index (χ2v) is 6.31. The third kappa shape index (κ3) is 2.93. The highest BCUT2D eigenvalue weighted by Gasteiger charge is 2.25. The molecule has 3 rings (SSSR count). The largest absolute Gasteiger partial charge is 0.494 e. The highest BCUT2D eigenvalue weighted by Crippen LogP contribution is 2.35. The molecule has 1 amide bonds. The number of nitroso groups, excluding NO2 is 1. The Kier molecular flexibility index (Phi) is 4.40. The predicted molar refractivity (Wildman–Crippen MR) is 98.4 cm³/mol. The van der Waals surface area contributed by atoms with Crippen LogP contribution in [0.1, 0.15) is 32.7 Å².